The van der Waals surface area contributed by atoms with Crippen LogP contribution in [0, 0.1) is 34.5 Å². The molecule has 0 heterocycles. The van der Waals surface area contributed by atoms with E-state index in [1.54, 1.807) is 0 Å². The first-order valence-corrected chi connectivity index (χ1v) is 11.5. The van der Waals surface area contributed by atoms with Crippen molar-refractivity contribution in [2.45, 2.75) is 57.3 Å². The third kappa shape index (κ3) is 4.02. The Hall–Kier alpha value is -1.74. The van der Waals surface area contributed by atoms with Crippen LogP contribution in [0.5, 0.6) is 0 Å². The second kappa shape index (κ2) is 8.89. The Balaban J connectivity index is 1.44. The second-order valence-corrected chi connectivity index (χ2v) is 10.3. The Bertz CT molecular complexity index is 793. The van der Waals surface area contributed by atoms with E-state index in [1.807, 2.05) is 19.1 Å². The summed E-state index contributed by atoms with van der Waals surface area (Å²) >= 11 is 0. The third-order valence-corrected chi connectivity index (χ3v) is 8.12. The van der Waals surface area contributed by atoms with Gasteiger partial charge in [0.15, 0.2) is 6.10 Å². The van der Waals surface area contributed by atoms with Crippen LogP contribution in [-0.4, -0.2) is 70.5 Å². The van der Waals surface area contributed by atoms with Crippen molar-refractivity contribution in [1.29, 1.82) is 0 Å². The van der Waals surface area contributed by atoms with Crippen molar-refractivity contribution in [1.82, 2.24) is 0 Å². The summed E-state index contributed by atoms with van der Waals surface area (Å²) < 4.78 is 10.9. The number of aliphatic hydroxyl groups excluding tert-OH is 4. The molecule has 0 aliphatic heterocycles. The van der Waals surface area contributed by atoms with Gasteiger partial charge in [0.2, 0.25) is 0 Å². The second-order valence-electron chi connectivity index (χ2n) is 10.3. The molecule has 4 N–H and O–H groups in total. The number of hydrogen-bond acceptors (Lipinski definition) is 8. The van der Waals surface area contributed by atoms with Crippen molar-refractivity contribution in [2.24, 2.45) is 34.5 Å². The van der Waals surface area contributed by atoms with E-state index in [9.17, 15) is 24.9 Å². The maximum Gasteiger partial charge on any atom is 0.312 e. The summed E-state index contributed by atoms with van der Waals surface area (Å²) in [5, 5.41) is 39.4. The number of esters is 2. The molecule has 2 saturated carbocycles. The molecule has 4 bridgehead atoms. The van der Waals surface area contributed by atoms with E-state index < -0.39 is 54.3 Å². The highest BCUT2D eigenvalue weighted by molar-refractivity contribution is 5.79. The van der Waals surface area contributed by atoms with Crippen LogP contribution in [0.2, 0.25) is 0 Å². The molecule has 0 aromatic carbocycles. The van der Waals surface area contributed by atoms with Gasteiger partial charge >= 0.3 is 11.9 Å². The van der Waals surface area contributed by atoms with Gasteiger partial charge in [0, 0.05) is 0 Å². The predicted molar refractivity (Wildman–Crippen MR) is 113 cm³/mol. The fourth-order valence-corrected chi connectivity index (χ4v) is 6.22. The lowest BCUT2D eigenvalue weighted by atomic mass is 9.71. The zero-order valence-electron chi connectivity index (χ0n) is 18.4. The van der Waals surface area contributed by atoms with Gasteiger partial charge in [-0.15, -0.1) is 0 Å². The summed E-state index contributed by atoms with van der Waals surface area (Å²) in [5.74, 6) is -0.451. The topological polar surface area (TPSA) is 134 Å². The Morgan fingerprint density at radius 2 is 1.62 bits per heavy atom. The molecule has 0 spiro atoms. The van der Waals surface area contributed by atoms with E-state index in [4.69, 9.17) is 14.6 Å². The van der Waals surface area contributed by atoms with Gasteiger partial charge in [-0.2, -0.15) is 0 Å². The van der Waals surface area contributed by atoms with Crippen LogP contribution in [0.1, 0.15) is 39.0 Å². The number of carbonyl (C=O) groups is 2. The summed E-state index contributed by atoms with van der Waals surface area (Å²) in [7, 11) is 0. The number of fused-ring (bicyclic) bond motifs is 4. The highest BCUT2D eigenvalue weighted by Gasteiger charge is 2.56. The van der Waals surface area contributed by atoms with Crippen LogP contribution in [0.25, 0.3) is 0 Å². The summed E-state index contributed by atoms with van der Waals surface area (Å²) in [6.45, 7) is 0.468. The molecular formula is C24H34O8. The average Bonchev–Trinajstić information content (AvgIpc) is 3.56. The van der Waals surface area contributed by atoms with E-state index in [0.29, 0.717) is 18.8 Å². The molecule has 0 radical (unpaired) electrons. The molecule has 9 atom stereocenters. The molecule has 32 heavy (non-hydrogen) atoms. The Morgan fingerprint density at radius 3 is 2.12 bits per heavy atom. The van der Waals surface area contributed by atoms with E-state index in [2.05, 4.69) is 12.2 Å². The third-order valence-electron chi connectivity index (χ3n) is 8.12. The maximum absolute atomic E-state index is 13.1. The predicted octanol–water partition coefficient (Wildman–Crippen LogP) is 0.723. The number of rotatable bonds is 10. The SMILES string of the molecule is CC1(C(=O)OC(CO)C(O)CC2(C(=O)OCC(O)CO)CC3C=CC2C3)CC2C=CC1C2. The molecule has 8 nitrogen and oxygen atoms in total. The monoisotopic (exact) mass is 450 g/mol. The highest BCUT2D eigenvalue weighted by atomic mass is 16.6. The number of ether oxygens (including phenoxy) is 2. The standard InChI is InChI=1S/C24H34O8/c1-23(8-14-2-4-16(23)6-14)21(29)32-20(12-26)19(28)10-24(9-15-3-5-17(24)7-15)22(30)31-13-18(27)11-25/h2-5,14-20,25-28H,6-13H2,1H3. The number of allylic oxidation sites excluding steroid dienone is 4. The minimum atomic E-state index is -1.25. The molecular weight excluding hydrogens is 416 g/mol. The minimum Gasteiger partial charge on any atom is -0.462 e. The molecule has 9 unspecified atom stereocenters. The lowest BCUT2D eigenvalue weighted by Crippen LogP contribution is -2.47. The maximum atomic E-state index is 13.1. The Kier molecular flexibility index (Phi) is 6.51. The van der Waals surface area contributed by atoms with Crippen molar-refractivity contribution in [2.75, 3.05) is 19.8 Å². The van der Waals surface area contributed by atoms with Crippen molar-refractivity contribution in [3.63, 3.8) is 0 Å². The molecule has 4 aliphatic carbocycles. The summed E-state index contributed by atoms with van der Waals surface area (Å²) in [6, 6.07) is 0. The van der Waals surface area contributed by atoms with Gasteiger partial charge in [0.1, 0.15) is 12.7 Å². The molecule has 8 heteroatoms. The first-order valence-electron chi connectivity index (χ1n) is 11.5. The lowest BCUT2D eigenvalue weighted by molar-refractivity contribution is -0.176. The van der Waals surface area contributed by atoms with Crippen LogP contribution in [0.4, 0.5) is 0 Å². The fraction of sp³-hybridized carbons (Fsp3) is 0.750. The van der Waals surface area contributed by atoms with Gasteiger partial charge in [-0.25, -0.2) is 0 Å². The Morgan fingerprint density at radius 1 is 0.969 bits per heavy atom. The fourth-order valence-electron chi connectivity index (χ4n) is 6.22. The number of hydrogen-bond donors (Lipinski definition) is 4. The van der Waals surface area contributed by atoms with E-state index in [-0.39, 0.29) is 30.8 Å². The van der Waals surface area contributed by atoms with Gasteiger partial charge in [0.05, 0.1) is 30.1 Å². The zero-order chi connectivity index (χ0) is 23.1. The van der Waals surface area contributed by atoms with E-state index in [1.165, 1.54) is 0 Å². The molecule has 0 amide bonds. The van der Waals surface area contributed by atoms with Gasteiger partial charge in [0.25, 0.3) is 0 Å². The first kappa shape index (κ1) is 23.4. The van der Waals surface area contributed by atoms with Crippen molar-refractivity contribution in [3.05, 3.63) is 24.3 Å². The summed E-state index contributed by atoms with van der Waals surface area (Å²) in [4.78, 5) is 26.0. The zero-order valence-corrected chi connectivity index (χ0v) is 18.4. The molecule has 4 aliphatic rings. The largest absolute Gasteiger partial charge is 0.462 e. The summed E-state index contributed by atoms with van der Waals surface area (Å²) in [6.07, 6.45) is 7.47. The van der Waals surface area contributed by atoms with E-state index >= 15 is 0 Å². The van der Waals surface area contributed by atoms with Crippen LogP contribution in [0.3, 0.4) is 0 Å². The van der Waals surface area contributed by atoms with Crippen LogP contribution >= 0.6 is 0 Å². The molecule has 0 aromatic heterocycles. The molecule has 2 fully saturated rings. The van der Waals surface area contributed by atoms with Gasteiger partial charge < -0.3 is 29.9 Å². The average molecular weight is 451 g/mol. The smallest absolute Gasteiger partial charge is 0.312 e. The molecule has 0 saturated heterocycles. The quantitative estimate of drug-likeness (QED) is 0.283. The van der Waals surface area contributed by atoms with Gasteiger partial charge in [-0.3, -0.25) is 9.59 Å². The normalized spacial score (nSPS) is 39.3. The number of aliphatic hydroxyl groups is 4. The highest BCUT2D eigenvalue weighted by Crippen LogP contribution is 2.56. The van der Waals surface area contributed by atoms with Crippen molar-refractivity contribution in [3.8, 4) is 0 Å². The lowest BCUT2D eigenvalue weighted by Gasteiger charge is -2.37. The van der Waals surface area contributed by atoms with E-state index in [0.717, 1.165) is 12.8 Å². The van der Waals surface area contributed by atoms with Crippen LogP contribution in [0.15, 0.2) is 24.3 Å². The molecule has 0 aromatic rings. The van der Waals surface area contributed by atoms with Crippen LogP contribution in [-0.2, 0) is 19.1 Å². The first-order chi connectivity index (χ1) is 15.2. The van der Waals surface area contributed by atoms with Crippen LogP contribution < -0.4 is 0 Å². The number of carbonyl (C=O) groups excluding carboxylic acids is 2. The summed E-state index contributed by atoms with van der Waals surface area (Å²) in [5.41, 5.74) is -1.69. The van der Waals surface area contributed by atoms with Crippen molar-refractivity contribution >= 4 is 11.9 Å². The van der Waals surface area contributed by atoms with Gasteiger partial charge in [-0.05, 0) is 62.7 Å². The van der Waals surface area contributed by atoms with Gasteiger partial charge in [-0.1, -0.05) is 24.3 Å². The van der Waals surface area contributed by atoms with Crippen molar-refractivity contribution < 1.29 is 39.5 Å². The minimum absolute atomic E-state index is 0.0201. The molecule has 4 rings (SSSR count). The Labute approximate surface area is 187 Å². The molecule has 178 valence electrons.